The highest BCUT2D eigenvalue weighted by Crippen LogP contribution is 2.58. The summed E-state index contributed by atoms with van der Waals surface area (Å²) in [5, 5.41) is 0. The minimum atomic E-state index is -0.582. The molecule has 0 bridgehead atoms. The molecule has 3 nitrogen and oxygen atoms in total. The van der Waals surface area contributed by atoms with Gasteiger partial charge < -0.3 is 14.7 Å². The van der Waals surface area contributed by atoms with Crippen LogP contribution < -0.4 is 31.1 Å². The second-order valence-electron chi connectivity index (χ2n) is 27.1. The van der Waals surface area contributed by atoms with E-state index < -0.39 is 5.41 Å². The van der Waals surface area contributed by atoms with Crippen molar-refractivity contribution in [2.24, 2.45) is 0 Å². The first-order valence-corrected chi connectivity index (χ1v) is 29.2. The predicted molar refractivity (Wildman–Crippen MR) is 347 cm³/mol. The summed E-state index contributed by atoms with van der Waals surface area (Å²) < 4.78 is 0. The molecule has 0 aromatic heterocycles. The topological polar surface area (TPSA) is 9.72 Å². The zero-order valence-corrected chi connectivity index (χ0v) is 49.4. The van der Waals surface area contributed by atoms with Crippen molar-refractivity contribution in [1.82, 2.24) is 0 Å². The van der Waals surface area contributed by atoms with Gasteiger partial charge in [-0.05, 0) is 173 Å². The van der Waals surface area contributed by atoms with Gasteiger partial charge in [0.15, 0.2) is 0 Å². The molecule has 0 saturated heterocycles. The van der Waals surface area contributed by atoms with E-state index in [2.05, 4.69) is 328 Å². The van der Waals surface area contributed by atoms with Gasteiger partial charge in [-0.25, -0.2) is 0 Å². The minimum Gasteiger partial charge on any atom is -0.311 e. The highest BCUT2D eigenvalue weighted by Gasteiger charge is 2.48. The third-order valence-electron chi connectivity index (χ3n) is 17.7. The summed E-state index contributed by atoms with van der Waals surface area (Å²) in [5.74, 6) is 0. The average Bonchev–Trinajstić information content (AvgIpc) is 3.97. The monoisotopic (exact) mass is 1050 g/mol. The molecule has 0 fully saturated rings. The Morgan fingerprint density at radius 3 is 1.37 bits per heavy atom. The number of rotatable bonds is 7. The van der Waals surface area contributed by atoms with Crippen molar-refractivity contribution in [2.75, 3.05) is 14.7 Å². The van der Waals surface area contributed by atoms with Crippen molar-refractivity contribution in [2.45, 2.75) is 110 Å². The first-order valence-electron chi connectivity index (χ1n) is 29.2. The third kappa shape index (κ3) is 8.55. The van der Waals surface area contributed by atoms with E-state index in [9.17, 15) is 0 Å². The van der Waals surface area contributed by atoms with Crippen molar-refractivity contribution in [3.63, 3.8) is 0 Å². The molecule has 0 amide bonds. The molecule has 1 aliphatic carbocycles. The number of nitrogens with zero attached hydrogens (tertiary/aromatic N) is 3. The lowest BCUT2D eigenvalue weighted by Crippen LogP contribution is -2.61. The van der Waals surface area contributed by atoms with E-state index in [0.717, 1.165) is 28.4 Å². The first kappa shape index (κ1) is 52.1. The minimum absolute atomic E-state index is 0.0151. The van der Waals surface area contributed by atoms with Crippen LogP contribution in [0.1, 0.15) is 128 Å². The van der Waals surface area contributed by atoms with E-state index in [1.165, 1.54) is 94.8 Å². The number of anilines is 9. The van der Waals surface area contributed by atoms with Gasteiger partial charge in [-0.2, -0.15) is 0 Å². The van der Waals surface area contributed by atoms with Gasteiger partial charge in [0.2, 0.25) is 0 Å². The Balaban J connectivity index is 1.14. The fourth-order valence-corrected chi connectivity index (χ4v) is 13.4. The van der Waals surface area contributed by atoms with Gasteiger partial charge in [0, 0.05) is 51.2 Å². The SMILES string of the molecule is CC(C)(C)c1ccc(N(c2ccccc2)c2ccc3c(c2)N(c2ccc4c(c2)C(c2ccccc2)(c2ccccc2)c2ccccc2-4)c2cc(C(C)(C)C)cc4c2B3c2cc(C(C)(C)C)ccc2N4c2ccc(C(C)(C)C)cc2)cc1. The molecule has 10 aromatic carbocycles. The Kier molecular flexibility index (Phi) is 12.1. The van der Waals surface area contributed by atoms with Gasteiger partial charge in [-0.15, -0.1) is 0 Å². The second-order valence-corrected chi connectivity index (χ2v) is 27.1. The molecule has 10 aromatic rings. The molecule has 0 unspecified atom stereocenters. The van der Waals surface area contributed by atoms with E-state index in [1.54, 1.807) is 0 Å². The summed E-state index contributed by atoms with van der Waals surface area (Å²) in [6.07, 6.45) is 0. The lowest BCUT2D eigenvalue weighted by atomic mass is 9.33. The molecule has 2 aliphatic heterocycles. The Morgan fingerprint density at radius 1 is 0.321 bits per heavy atom. The number of fused-ring (bicyclic) bond motifs is 7. The Bertz CT molecular complexity index is 3980. The second kappa shape index (κ2) is 18.9. The molecule has 0 atom stereocenters. The van der Waals surface area contributed by atoms with Crippen LogP contribution in [-0.2, 0) is 27.1 Å². The van der Waals surface area contributed by atoms with Crippen molar-refractivity contribution in [3.8, 4) is 11.1 Å². The molecule has 13 rings (SSSR count). The summed E-state index contributed by atoms with van der Waals surface area (Å²) in [5.41, 5.74) is 26.4. The maximum Gasteiger partial charge on any atom is 0.252 e. The van der Waals surface area contributed by atoms with Crippen LogP contribution in [0.2, 0.25) is 0 Å². The molecule has 81 heavy (non-hydrogen) atoms. The zero-order valence-electron chi connectivity index (χ0n) is 49.4. The van der Waals surface area contributed by atoms with E-state index in [1.807, 2.05) is 0 Å². The summed E-state index contributed by atoms with van der Waals surface area (Å²) in [6, 6.07) is 88.3. The van der Waals surface area contributed by atoms with Crippen LogP contribution in [0.3, 0.4) is 0 Å². The van der Waals surface area contributed by atoms with Gasteiger partial charge in [0.1, 0.15) is 0 Å². The number of hydrogen-bond donors (Lipinski definition) is 0. The Hall–Kier alpha value is -8.34. The highest BCUT2D eigenvalue weighted by molar-refractivity contribution is 7.00. The van der Waals surface area contributed by atoms with Crippen molar-refractivity contribution >= 4 is 74.3 Å². The van der Waals surface area contributed by atoms with Crippen LogP contribution in [0.15, 0.2) is 231 Å². The van der Waals surface area contributed by atoms with Crippen LogP contribution in [-0.4, -0.2) is 6.71 Å². The lowest BCUT2D eigenvalue weighted by molar-refractivity contribution is 0.589. The van der Waals surface area contributed by atoms with E-state index in [4.69, 9.17) is 0 Å². The molecule has 0 saturated carbocycles. The Labute approximate surface area is 482 Å². The highest BCUT2D eigenvalue weighted by atomic mass is 15.2. The largest absolute Gasteiger partial charge is 0.311 e. The Morgan fingerprint density at radius 2 is 0.790 bits per heavy atom. The summed E-state index contributed by atoms with van der Waals surface area (Å²) in [4.78, 5) is 7.69. The fraction of sp³-hybridized carbons (Fsp3) is 0.221. The maximum absolute atomic E-state index is 2.65. The standard InChI is InChI=1S/C77H74BN3/c1-73(2,3)51-32-37-58(38-33-51)79(57-28-20-15-21-29-57)61-42-44-66-69(50-61)81(60-41-43-63-62-30-22-23-31-64(62)77(65(63)49-60,53-24-16-13-17-25-53)54-26-18-14-19-27-54)71-48-56(76(10,11)12)47-70-72(71)78(66)67-46-55(75(7,8)9)36-45-68(67)80(70)59-39-34-52(35-40-59)74(4,5)6/h13-50H,1-12H3. The van der Waals surface area contributed by atoms with Gasteiger partial charge in [-0.1, -0.05) is 235 Å². The van der Waals surface area contributed by atoms with Crippen LogP contribution in [0.5, 0.6) is 0 Å². The van der Waals surface area contributed by atoms with E-state index in [0.29, 0.717) is 0 Å². The van der Waals surface area contributed by atoms with E-state index in [-0.39, 0.29) is 28.4 Å². The quantitative estimate of drug-likeness (QED) is 0.147. The van der Waals surface area contributed by atoms with Gasteiger partial charge >= 0.3 is 0 Å². The molecule has 400 valence electrons. The molecule has 0 spiro atoms. The van der Waals surface area contributed by atoms with Gasteiger partial charge in [-0.3, -0.25) is 0 Å². The molecule has 4 heteroatoms. The van der Waals surface area contributed by atoms with Crippen LogP contribution >= 0.6 is 0 Å². The normalized spacial score (nSPS) is 14.2. The summed E-state index contributed by atoms with van der Waals surface area (Å²) in [6.45, 7) is 27.9. The number of hydrogen-bond acceptors (Lipinski definition) is 3. The fourth-order valence-electron chi connectivity index (χ4n) is 13.4. The first-order chi connectivity index (χ1) is 38.7. The molecule has 3 aliphatic rings. The van der Waals surface area contributed by atoms with Gasteiger partial charge in [0.05, 0.1) is 5.41 Å². The smallest absolute Gasteiger partial charge is 0.252 e. The summed E-state index contributed by atoms with van der Waals surface area (Å²) in [7, 11) is 0. The van der Waals surface area contributed by atoms with Crippen LogP contribution in [0.25, 0.3) is 11.1 Å². The molecule has 2 heterocycles. The van der Waals surface area contributed by atoms with Gasteiger partial charge in [0.25, 0.3) is 6.71 Å². The average molecular weight is 1050 g/mol. The van der Waals surface area contributed by atoms with Crippen molar-refractivity contribution in [3.05, 3.63) is 275 Å². The number of para-hydroxylation sites is 1. The van der Waals surface area contributed by atoms with Crippen LogP contribution in [0, 0.1) is 0 Å². The van der Waals surface area contributed by atoms with E-state index >= 15 is 0 Å². The third-order valence-corrected chi connectivity index (χ3v) is 17.7. The van der Waals surface area contributed by atoms with Crippen molar-refractivity contribution < 1.29 is 0 Å². The van der Waals surface area contributed by atoms with Crippen molar-refractivity contribution in [1.29, 1.82) is 0 Å². The summed E-state index contributed by atoms with van der Waals surface area (Å²) >= 11 is 0. The van der Waals surface area contributed by atoms with Crippen LogP contribution in [0.4, 0.5) is 51.2 Å². The predicted octanol–water partition coefficient (Wildman–Crippen LogP) is 18.8. The molecule has 0 radical (unpaired) electrons. The zero-order chi connectivity index (χ0) is 56.4. The molecular weight excluding hydrogens is 978 g/mol. The maximum atomic E-state index is 2.65. The lowest BCUT2D eigenvalue weighted by Gasteiger charge is -2.46. The number of benzene rings is 10. The molecular formula is C77H74BN3. The molecule has 0 N–H and O–H groups in total.